The Balaban J connectivity index is 1.57. The maximum absolute atomic E-state index is 13.3. The van der Waals surface area contributed by atoms with Crippen molar-refractivity contribution in [1.29, 1.82) is 0 Å². The molecule has 0 saturated carbocycles. The van der Waals surface area contributed by atoms with Gasteiger partial charge in [0.2, 0.25) is 5.82 Å². The lowest BCUT2D eigenvalue weighted by Crippen LogP contribution is -2.47. The van der Waals surface area contributed by atoms with Gasteiger partial charge in [0.1, 0.15) is 5.82 Å². The quantitative estimate of drug-likeness (QED) is 0.501. The minimum atomic E-state index is -0.769. The topological polar surface area (TPSA) is 137 Å². The number of nitrogens with one attached hydrogen (secondary N) is 1. The van der Waals surface area contributed by atoms with Crippen LogP contribution in [0.3, 0.4) is 0 Å². The van der Waals surface area contributed by atoms with Crippen molar-refractivity contribution in [2.75, 3.05) is 32.8 Å². The van der Waals surface area contributed by atoms with E-state index in [1.54, 1.807) is 0 Å². The van der Waals surface area contributed by atoms with E-state index in [0.29, 0.717) is 26.2 Å². The van der Waals surface area contributed by atoms with E-state index in [2.05, 4.69) is 25.5 Å². The largest absolute Gasteiger partial charge is 0.379 e. The Morgan fingerprint density at radius 1 is 1.21 bits per heavy atom. The van der Waals surface area contributed by atoms with Crippen LogP contribution < -0.4 is 16.6 Å². The van der Waals surface area contributed by atoms with Crippen molar-refractivity contribution in [2.24, 2.45) is 7.05 Å². The first-order valence-corrected chi connectivity index (χ1v) is 10.8. The summed E-state index contributed by atoms with van der Waals surface area (Å²) in [6, 6.07) is 4.85. The van der Waals surface area contributed by atoms with E-state index in [1.807, 2.05) is 6.92 Å². The van der Waals surface area contributed by atoms with Crippen LogP contribution in [-0.4, -0.2) is 74.2 Å². The van der Waals surface area contributed by atoms with Gasteiger partial charge in [0.15, 0.2) is 5.69 Å². The predicted molar refractivity (Wildman–Crippen MR) is 117 cm³/mol. The Bertz CT molecular complexity index is 1280. The van der Waals surface area contributed by atoms with E-state index >= 15 is 0 Å². The highest BCUT2D eigenvalue weighted by molar-refractivity contribution is 5.90. The van der Waals surface area contributed by atoms with Gasteiger partial charge in [-0.05, 0) is 30.7 Å². The number of carbonyl (C=O) groups excluding carboxylic acids is 1. The summed E-state index contributed by atoms with van der Waals surface area (Å²) in [6.45, 7) is 5.48. The normalized spacial score (nSPS) is 15.3. The zero-order valence-corrected chi connectivity index (χ0v) is 18.7. The summed E-state index contributed by atoms with van der Waals surface area (Å²) in [5.41, 5.74) is -1.57. The minimum Gasteiger partial charge on any atom is -0.379 e. The third-order valence-corrected chi connectivity index (χ3v) is 5.49. The Morgan fingerprint density at radius 3 is 2.59 bits per heavy atom. The molecule has 0 spiro atoms. The fourth-order valence-corrected chi connectivity index (χ4v) is 3.50. The molecule has 0 radical (unpaired) electrons. The van der Waals surface area contributed by atoms with Crippen LogP contribution >= 0.6 is 0 Å². The molecular weight excluding hydrogens is 449 g/mol. The highest BCUT2D eigenvalue weighted by Gasteiger charge is 2.24. The van der Waals surface area contributed by atoms with Crippen LogP contribution in [0.25, 0.3) is 17.2 Å². The zero-order chi connectivity index (χ0) is 24.2. The number of benzene rings is 1. The van der Waals surface area contributed by atoms with E-state index in [4.69, 9.17) is 9.26 Å². The number of morpholine rings is 1. The van der Waals surface area contributed by atoms with Gasteiger partial charge in [-0.1, -0.05) is 12.1 Å². The molecule has 0 bridgehead atoms. The number of ether oxygens (including phenoxy) is 1. The van der Waals surface area contributed by atoms with Crippen molar-refractivity contribution < 1.29 is 18.4 Å². The fraction of sp³-hybridized carbons (Fsp3) is 0.429. The van der Waals surface area contributed by atoms with Crippen molar-refractivity contribution >= 4 is 5.91 Å². The molecule has 12 nitrogen and oxygen atoms in total. The fourth-order valence-electron chi connectivity index (χ4n) is 3.50. The van der Waals surface area contributed by atoms with Crippen LogP contribution in [0, 0.1) is 5.82 Å². The molecule has 1 saturated heterocycles. The first-order valence-electron chi connectivity index (χ1n) is 10.8. The summed E-state index contributed by atoms with van der Waals surface area (Å²) in [5.74, 6) is -1.65. The van der Waals surface area contributed by atoms with Crippen LogP contribution in [0.15, 0.2) is 38.4 Å². The van der Waals surface area contributed by atoms with Crippen LogP contribution in [0.1, 0.15) is 24.0 Å². The van der Waals surface area contributed by atoms with Crippen molar-refractivity contribution in [3.8, 4) is 17.2 Å². The van der Waals surface area contributed by atoms with Gasteiger partial charge in [0.25, 0.3) is 5.56 Å². The third kappa shape index (κ3) is 4.94. The van der Waals surface area contributed by atoms with Gasteiger partial charge in [0.05, 0.1) is 18.9 Å². The summed E-state index contributed by atoms with van der Waals surface area (Å²) >= 11 is 0. The SMILES string of the molecule is CC[C@@H](CN1CCOCC1)NC(=O)c1nc(-c2nn(-c3ccc(F)cc3)c(=O)n(C)c2=O)no1. The number of hydrogen-bond donors (Lipinski definition) is 1. The van der Waals surface area contributed by atoms with E-state index in [9.17, 15) is 18.8 Å². The van der Waals surface area contributed by atoms with E-state index in [1.165, 1.54) is 19.2 Å². The van der Waals surface area contributed by atoms with E-state index < -0.39 is 23.0 Å². The lowest BCUT2D eigenvalue weighted by Gasteiger charge is -2.30. The number of halogens is 1. The molecule has 1 fully saturated rings. The van der Waals surface area contributed by atoms with Crippen LogP contribution in [0.5, 0.6) is 0 Å². The van der Waals surface area contributed by atoms with Crippen molar-refractivity contribution in [1.82, 2.24) is 34.7 Å². The molecule has 1 aliphatic rings. The summed E-state index contributed by atoms with van der Waals surface area (Å²) in [5, 5.41) is 10.6. The molecule has 2 aromatic heterocycles. The molecular formula is C21H24FN7O5. The lowest BCUT2D eigenvalue weighted by molar-refractivity contribution is 0.0330. The lowest BCUT2D eigenvalue weighted by atomic mass is 10.2. The number of amides is 1. The minimum absolute atomic E-state index is 0.146. The van der Waals surface area contributed by atoms with E-state index in [-0.39, 0.29) is 29.1 Å². The Hall–Kier alpha value is -3.71. The maximum atomic E-state index is 13.3. The molecule has 4 rings (SSSR count). The Labute approximate surface area is 192 Å². The van der Waals surface area contributed by atoms with Crippen molar-refractivity contribution in [2.45, 2.75) is 19.4 Å². The van der Waals surface area contributed by atoms with Crippen LogP contribution in [-0.2, 0) is 11.8 Å². The maximum Gasteiger partial charge on any atom is 0.351 e. The summed E-state index contributed by atoms with van der Waals surface area (Å²) in [7, 11) is 1.26. The van der Waals surface area contributed by atoms with Crippen molar-refractivity contribution in [3.63, 3.8) is 0 Å². The standard InChI is InChI=1S/C21H24FN7O5/c1-3-14(12-28-8-10-33-11-9-28)23-18(30)19-24-17(26-34-19)16-20(31)27(2)21(32)29(25-16)15-6-4-13(22)5-7-15/h4-7,14H,3,8-12H2,1-2H3,(H,23,30)/t14-/m0/s1. The van der Waals surface area contributed by atoms with Gasteiger partial charge in [-0.25, -0.2) is 9.18 Å². The van der Waals surface area contributed by atoms with Crippen LogP contribution in [0.2, 0.25) is 0 Å². The average Bonchev–Trinajstić information content (AvgIpc) is 3.34. The molecule has 34 heavy (non-hydrogen) atoms. The molecule has 1 amide bonds. The van der Waals surface area contributed by atoms with Gasteiger partial charge in [-0.2, -0.15) is 14.8 Å². The molecule has 3 heterocycles. The van der Waals surface area contributed by atoms with Crippen LogP contribution in [0.4, 0.5) is 4.39 Å². The summed E-state index contributed by atoms with van der Waals surface area (Å²) in [6.07, 6.45) is 0.689. The molecule has 13 heteroatoms. The number of carbonyl (C=O) groups is 1. The third-order valence-electron chi connectivity index (χ3n) is 5.49. The van der Waals surface area contributed by atoms with Crippen molar-refractivity contribution in [3.05, 3.63) is 56.8 Å². The monoisotopic (exact) mass is 473 g/mol. The number of aromatic nitrogens is 5. The molecule has 1 aliphatic heterocycles. The smallest absolute Gasteiger partial charge is 0.351 e. The second-order valence-corrected chi connectivity index (χ2v) is 7.80. The number of nitrogens with zero attached hydrogens (tertiary/aromatic N) is 6. The highest BCUT2D eigenvalue weighted by atomic mass is 19.1. The first kappa shape index (κ1) is 23.4. The molecule has 0 unspecified atom stereocenters. The molecule has 1 atom stereocenters. The van der Waals surface area contributed by atoms with Gasteiger partial charge in [-0.15, -0.1) is 0 Å². The molecule has 1 N–H and O–H groups in total. The predicted octanol–water partition coefficient (Wildman–Crippen LogP) is -0.0391. The second-order valence-electron chi connectivity index (χ2n) is 7.80. The second kappa shape index (κ2) is 10.1. The first-order chi connectivity index (χ1) is 16.4. The highest BCUT2D eigenvalue weighted by Crippen LogP contribution is 2.11. The van der Waals surface area contributed by atoms with Gasteiger partial charge in [-0.3, -0.25) is 19.1 Å². The molecule has 0 aliphatic carbocycles. The molecule has 3 aromatic rings. The average molecular weight is 473 g/mol. The number of rotatable bonds is 7. The van der Waals surface area contributed by atoms with Gasteiger partial charge in [0, 0.05) is 32.7 Å². The van der Waals surface area contributed by atoms with Gasteiger partial charge < -0.3 is 14.6 Å². The number of hydrogen-bond acceptors (Lipinski definition) is 9. The summed E-state index contributed by atoms with van der Waals surface area (Å²) in [4.78, 5) is 44.1. The van der Waals surface area contributed by atoms with E-state index in [0.717, 1.165) is 34.5 Å². The van der Waals surface area contributed by atoms with Gasteiger partial charge >= 0.3 is 17.5 Å². The molecule has 1 aromatic carbocycles. The zero-order valence-electron chi connectivity index (χ0n) is 18.7. The summed E-state index contributed by atoms with van der Waals surface area (Å²) < 4.78 is 25.4. The Morgan fingerprint density at radius 2 is 1.91 bits per heavy atom. The molecule has 180 valence electrons. The Kier molecular flexibility index (Phi) is 6.93.